The molecule has 12 aromatic rings. The van der Waals surface area contributed by atoms with Gasteiger partial charge < -0.3 is 44.0 Å². The van der Waals surface area contributed by atoms with Gasteiger partial charge in [-0.25, -0.2) is 4.39 Å². The quantitative estimate of drug-likeness (QED) is 0.0792. The van der Waals surface area contributed by atoms with Crippen molar-refractivity contribution in [3.05, 3.63) is 266 Å². The number of pyridine rings is 3. The van der Waals surface area contributed by atoms with Gasteiger partial charge in [-0.2, -0.15) is 0 Å². The zero-order valence-electron chi connectivity index (χ0n) is 64.8. The van der Waals surface area contributed by atoms with Crippen molar-refractivity contribution in [2.45, 2.75) is 236 Å². The number of aryl methyl sites for hydroxylation is 4. The third-order valence-electron chi connectivity index (χ3n) is 26.6. The Morgan fingerprint density at radius 3 is 1.21 bits per heavy atom. The van der Waals surface area contributed by atoms with Crippen molar-refractivity contribution in [2.75, 3.05) is 21.1 Å². The number of rotatable bonds is 12. The molecule has 5 N–H and O–H groups in total. The van der Waals surface area contributed by atoms with E-state index in [1.807, 2.05) is 43.3 Å². The Hall–Kier alpha value is -8.68. The molecule has 4 aliphatic carbocycles. The summed E-state index contributed by atoms with van der Waals surface area (Å²) in [6.07, 6.45) is 24.3. The molecule has 109 heavy (non-hydrogen) atoms. The maximum atomic E-state index is 13.3. The lowest BCUT2D eigenvalue weighted by molar-refractivity contribution is 0.0372. The van der Waals surface area contributed by atoms with Gasteiger partial charge in [-0.3, -0.25) is 29.7 Å². The van der Waals surface area contributed by atoms with Gasteiger partial charge in [0.05, 0.1) is 44.5 Å². The standard InChI is InChI=1S/C24H27FN2O.C24H29N3O.C23H27N3O.C22H25N3O/c1-15-6-11-21-19(12-15)24-18-4-3-5-20(18)26(2)13-22(24)27(21)14-23(28)16-7-9-17(25)10-8-16;1-16-9-10-21-19(12-16)23-18-7-4-8-20(18)26(3)14-22(23)27(21)15-24(2,28)17-6-5-11-25-13-17;1-15-6-7-20-18(12-15)23-17-4-3-5-19(17)25(2)13-21(23)26(20)14-22(27)16-8-10-24-11-9-16;1-14-5-6-19-17(11-14)22-16-3-2-4-18(16)24-12-20(22)25(19)13-21(26)15-7-9-23-10-8-15/h6-12,18,20,23,28H,3-5,13-14H2,1-2H3;5-6,9-13,18,20,28H,4,7-8,14-15H2,1-3H3;6-12,17,19,22,27H,3-5,13-14H2,1-2H3;5-11,16,18,21,24,26H,2-4,12-13H2,1H3. The number of hydrogen-bond acceptors (Lipinski definition) is 11. The van der Waals surface area contributed by atoms with E-state index in [0.717, 1.165) is 48.4 Å². The smallest absolute Gasteiger partial charge is 0.123 e. The minimum atomic E-state index is -0.968. The average Bonchev–Trinajstić information content (AvgIpc) is 1.59. The van der Waals surface area contributed by atoms with Crippen molar-refractivity contribution in [1.82, 2.24) is 53.2 Å². The molecule has 7 aromatic heterocycles. The van der Waals surface area contributed by atoms with Gasteiger partial charge in [0.25, 0.3) is 0 Å². The largest absolute Gasteiger partial charge is 0.387 e. The fourth-order valence-electron chi connectivity index (χ4n) is 21.4. The molecule has 11 heterocycles. The highest BCUT2D eigenvalue weighted by molar-refractivity contribution is 5.90. The van der Waals surface area contributed by atoms with Gasteiger partial charge >= 0.3 is 0 Å². The van der Waals surface area contributed by atoms with E-state index in [4.69, 9.17) is 0 Å². The molecule has 0 amide bonds. The highest BCUT2D eigenvalue weighted by Crippen LogP contribution is 2.52. The zero-order chi connectivity index (χ0) is 75.1. The Kier molecular flexibility index (Phi) is 20.3. The minimum Gasteiger partial charge on any atom is -0.387 e. The molecular weight excluding hydrogens is 1350 g/mol. The van der Waals surface area contributed by atoms with Crippen LogP contribution in [0.15, 0.2) is 171 Å². The maximum Gasteiger partial charge on any atom is 0.123 e. The summed E-state index contributed by atoms with van der Waals surface area (Å²) in [7, 11) is 6.76. The molecule has 20 rings (SSSR count). The van der Waals surface area contributed by atoms with E-state index >= 15 is 0 Å². The van der Waals surface area contributed by atoms with Crippen LogP contribution in [0.5, 0.6) is 0 Å². The summed E-state index contributed by atoms with van der Waals surface area (Å²) in [5, 5.41) is 53.3. The normalized spacial score (nSPS) is 23.4. The van der Waals surface area contributed by atoms with Crippen molar-refractivity contribution < 1.29 is 24.8 Å². The van der Waals surface area contributed by atoms with Crippen LogP contribution >= 0.6 is 0 Å². The Morgan fingerprint density at radius 2 is 0.798 bits per heavy atom. The molecule has 15 nitrogen and oxygen atoms in total. The van der Waals surface area contributed by atoms with E-state index in [2.05, 4.69) is 175 Å². The Morgan fingerprint density at radius 1 is 0.431 bits per heavy atom. The third kappa shape index (κ3) is 13.8. The van der Waals surface area contributed by atoms with Crippen molar-refractivity contribution >= 4 is 43.6 Å². The van der Waals surface area contributed by atoms with Crippen LogP contribution in [0.4, 0.5) is 4.39 Å². The summed E-state index contributed by atoms with van der Waals surface area (Å²) >= 11 is 0. The number of aliphatic hydroxyl groups is 4. The summed E-state index contributed by atoms with van der Waals surface area (Å²) in [5.41, 5.74) is 24.3. The van der Waals surface area contributed by atoms with Crippen LogP contribution in [0.1, 0.15) is 215 Å². The van der Waals surface area contributed by atoms with Gasteiger partial charge in [0.2, 0.25) is 0 Å². The molecule has 0 radical (unpaired) electrons. The van der Waals surface area contributed by atoms with Crippen molar-refractivity contribution in [3.8, 4) is 0 Å². The zero-order valence-corrected chi connectivity index (χ0v) is 64.8. The predicted octanol–water partition coefficient (Wildman–Crippen LogP) is 17.2. The van der Waals surface area contributed by atoms with Gasteiger partial charge in [0.1, 0.15) is 11.4 Å². The number of benzene rings is 5. The van der Waals surface area contributed by atoms with E-state index in [-0.39, 0.29) is 5.82 Å². The van der Waals surface area contributed by atoms with Crippen molar-refractivity contribution in [2.24, 2.45) is 0 Å². The lowest BCUT2D eigenvalue weighted by Crippen LogP contribution is -2.39. The monoisotopic (exact) mass is 1460 g/mol. The number of hydrogen-bond donors (Lipinski definition) is 5. The Bertz CT molecular complexity index is 5280. The fourth-order valence-corrected chi connectivity index (χ4v) is 21.4. The summed E-state index contributed by atoms with van der Waals surface area (Å²) in [5.74, 6) is 2.17. The molecule has 566 valence electrons. The molecule has 8 aliphatic rings. The average molecular weight is 1460 g/mol. The van der Waals surface area contributed by atoms with E-state index in [9.17, 15) is 24.8 Å². The first kappa shape index (κ1) is 73.1. The third-order valence-corrected chi connectivity index (χ3v) is 26.6. The van der Waals surface area contributed by atoms with Crippen LogP contribution in [0, 0.1) is 33.5 Å². The summed E-state index contributed by atoms with van der Waals surface area (Å²) in [6.45, 7) is 16.5. The molecule has 0 spiro atoms. The fraction of sp³-hybridized carbons (Fsp3) is 0.430. The van der Waals surface area contributed by atoms with Gasteiger partial charge in [-0.05, 0) is 237 Å². The Labute approximate surface area is 641 Å². The number of halogens is 1. The highest BCUT2D eigenvalue weighted by Gasteiger charge is 2.45. The number of nitrogens with one attached hydrogen (secondary N) is 1. The summed E-state index contributed by atoms with van der Waals surface area (Å²) in [6, 6.07) is 47.3. The lowest BCUT2D eigenvalue weighted by atomic mass is 9.87. The second-order valence-corrected chi connectivity index (χ2v) is 33.7. The van der Waals surface area contributed by atoms with Crippen LogP contribution in [0.3, 0.4) is 0 Å². The molecule has 5 aromatic carbocycles. The van der Waals surface area contributed by atoms with Crippen LogP contribution in [-0.2, 0) is 58.0 Å². The van der Waals surface area contributed by atoms with Gasteiger partial charge in [0.15, 0.2) is 0 Å². The highest BCUT2D eigenvalue weighted by atomic mass is 19.1. The van der Waals surface area contributed by atoms with E-state index < -0.39 is 23.9 Å². The second-order valence-electron chi connectivity index (χ2n) is 33.7. The number of aliphatic hydroxyl groups excluding tert-OH is 3. The SMILES string of the molecule is Cc1ccc2c(c1)c1c(n2CC(C)(O)c2cccnc2)CN(C)C2CCCC12.Cc1ccc2c(c1)c1c(n2CC(O)c2ccc(F)cc2)CN(C)C2CCCC12.Cc1ccc2c(c1)c1c(n2CC(O)c2ccncc2)CN(C)C2CCCC12.Cc1ccc2c(c1)c1c(n2CC(O)c2ccncc2)CNC2CCCC12. The van der Waals surface area contributed by atoms with Gasteiger partial charge in [-0.1, -0.05) is 90.4 Å². The number of fused-ring (bicyclic) bond motifs is 20. The first-order chi connectivity index (χ1) is 52.8. The number of aromatic nitrogens is 7. The number of likely N-dealkylation sites (N-methyl/N-ethyl adjacent to an activating group) is 3. The van der Waals surface area contributed by atoms with Gasteiger partial charge in [0, 0.05) is 183 Å². The predicted molar refractivity (Wildman–Crippen MR) is 433 cm³/mol. The van der Waals surface area contributed by atoms with Crippen LogP contribution < -0.4 is 5.32 Å². The number of nitrogens with zero attached hydrogens (tertiary/aromatic N) is 10. The maximum absolute atomic E-state index is 13.3. The molecule has 4 fully saturated rings. The molecule has 12 unspecified atom stereocenters. The first-order valence-corrected chi connectivity index (χ1v) is 40.4. The van der Waals surface area contributed by atoms with Crippen LogP contribution in [-0.4, -0.2) is 114 Å². The second kappa shape index (κ2) is 30.2. The van der Waals surface area contributed by atoms with Crippen molar-refractivity contribution in [3.63, 3.8) is 0 Å². The molecule has 0 bridgehead atoms. The summed E-state index contributed by atoms with van der Waals surface area (Å²) in [4.78, 5) is 19.9. The minimum absolute atomic E-state index is 0.274. The topological polar surface area (TPSA) is 161 Å². The first-order valence-electron chi connectivity index (χ1n) is 40.4. The van der Waals surface area contributed by atoms with Crippen LogP contribution in [0.2, 0.25) is 0 Å². The van der Waals surface area contributed by atoms with Gasteiger partial charge in [-0.15, -0.1) is 0 Å². The molecular formula is C93H108FN11O4. The van der Waals surface area contributed by atoms with Crippen LogP contribution in [0.25, 0.3) is 43.6 Å². The lowest BCUT2D eigenvalue weighted by Gasteiger charge is -2.36. The molecule has 4 aliphatic heterocycles. The molecule has 0 saturated heterocycles. The molecule has 4 saturated carbocycles. The molecule has 16 heteroatoms. The summed E-state index contributed by atoms with van der Waals surface area (Å²) < 4.78 is 22.7. The van der Waals surface area contributed by atoms with Crippen molar-refractivity contribution in [1.29, 1.82) is 0 Å². The van der Waals surface area contributed by atoms with E-state index in [1.54, 1.807) is 60.4 Å². The molecule has 12 atom stereocenters. The van der Waals surface area contributed by atoms with E-state index in [0.29, 0.717) is 74.0 Å². The van der Waals surface area contributed by atoms with E-state index in [1.165, 1.54) is 189 Å². The Balaban J connectivity index is 0.000000106.